The number of aldehydes is 1. The van der Waals surface area contributed by atoms with Crippen LogP contribution in [0.5, 0.6) is 0 Å². The molecule has 4 fully saturated rings. The molecule has 115 heavy (non-hydrogen) atoms. The van der Waals surface area contributed by atoms with Crippen LogP contribution in [0.1, 0.15) is 39.9 Å². The summed E-state index contributed by atoms with van der Waals surface area (Å²) in [5, 5.41) is 34.5. The zero-order valence-electron chi connectivity index (χ0n) is 62.5. The van der Waals surface area contributed by atoms with Crippen LogP contribution in [0.4, 0.5) is 44.7 Å². The second-order valence-electron chi connectivity index (χ2n) is 25.4. The van der Waals surface area contributed by atoms with Gasteiger partial charge in [0.2, 0.25) is 17.7 Å². The summed E-state index contributed by atoms with van der Waals surface area (Å²) in [5.74, 6) is 14.0. The minimum atomic E-state index is -0.765. The third kappa shape index (κ3) is 23.6. The number of fused-ring (bicyclic) bond motifs is 4. The van der Waals surface area contributed by atoms with Gasteiger partial charge in [-0.15, -0.1) is 11.6 Å². The molecule has 602 valence electrons. The van der Waals surface area contributed by atoms with Crippen LogP contribution in [0.3, 0.4) is 0 Å². The number of carbonyl (C=O) groups is 4. The van der Waals surface area contributed by atoms with Crippen molar-refractivity contribution in [3.63, 3.8) is 0 Å². The van der Waals surface area contributed by atoms with Gasteiger partial charge in [-0.3, -0.25) is 60.4 Å². The van der Waals surface area contributed by atoms with E-state index in [9.17, 15) is 23.6 Å². The number of aromatic amines is 2. The summed E-state index contributed by atoms with van der Waals surface area (Å²) >= 11 is 34.9. The molecular formula is C73H81Cl6FN30O5. The predicted molar refractivity (Wildman–Crippen MR) is 446 cm³/mol. The molecule has 0 spiro atoms. The number of aromatic nitrogens is 13. The summed E-state index contributed by atoms with van der Waals surface area (Å²) < 4.78 is 20.7. The fourth-order valence-electron chi connectivity index (χ4n) is 12.1. The molecule has 0 saturated carbocycles. The van der Waals surface area contributed by atoms with Gasteiger partial charge in [0.15, 0.2) is 34.7 Å². The third-order valence-electron chi connectivity index (χ3n) is 18.2. The predicted octanol–water partition coefficient (Wildman–Crippen LogP) is 12.6. The number of azide groups is 2. The minimum absolute atomic E-state index is 0.0172. The summed E-state index contributed by atoms with van der Waals surface area (Å²) in [6.07, 6.45) is 17.1. The summed E-state index contributed by atoms with van der Waals surface area (Å²) in [7, 11) is 0. The first-order chi connectivity index (χ1) is 55.7. The van der Waals surface area contributed by atoms with Crippen LogP contribution < -0.4 is 43.4 Å². The molecule has 3 amide bonds. The number of nitrogens with zero attached hydrogens (tertiary/aromatic N) is 23. The fraction of sp³-hybridized carbons (Fsp3) is 0.301. The third-order valence-corrected chi connectivity index (χ3v) is 20.3. The van der Waals surface area contributed by atoms with Crippen LogP contribution in [0.15, 0.2) is 145 Å². The molecule has 0 unspecified atom stereocenters. The summed E-state index contributed by atoms with van der Waals surface area (Å²) in [6, 6.07) is 24.8. The highest BCUT2D eigenvalue weighted by atomic mass is 35.5. The summed E-state index contributed by atoms with van der Waals surface area (Å²) in [4.78, 5) is 84.3. The lowest BCUT2D eigenvalue weighted by atomic mass is 10.2. The molecule has 42 heteroatoms. The van der Waals surface area contributed by atoms with E-state index in [1.54, 1.807) is 58.8 Å². The Balaban J connectivity index is 0.000000161. The van der Waals surface area contributed by atoms with Crippen molar-refractivity contribution in [2.24, 2.45) is 27.8 Å². The van der Waals surface area contributed by atoms with E-state index in [0.29, 0.717) is 71.1 Å². The lowest BCUT2D eigenvalue weighted by Gasteiger charge is -2.36. The number of hydrazine groups is 2. The maximum absolute atomic E-state index is 12.8. The van der Waals surface area contributed by atoms with Crippen molar-refractivity contribution in [2.45, 2.75) is 46.7 Å². The number of hydrogen-bond acceptors (Lipinski definition) is 24. The number of ether oxygens (including phenoxy) is 1. The molecule has 0 bridgehead atoms. The monoisotopic (exact) mass is 1690 g/mol. The summed E-state index contributed by atoms with van der Waals surface area (Å²) in [6.45, 7) is 17.0. The molecule has 4 aliphatic heterocycles. The first kappa shape index (κ1) is 87.5. The molecule has 0 atom stereocenters. The number of pyridine rings is 5. The molecular weight excluding hydrogens is 1610 g/mol. The molecule has 35 nitrogen and oxygen atoms in total. The van der Waals surface area contributed by atoms with Gasteiger partial charge < -0.3 is 45.3 Å². The first-order valence-corrected chi connectivity index (χ1v) is 37.9. The second kappa shape index (κ2) is 43.7. The number of aryl methyl sites for hydroxylation is 3. The largest absolute Gasteiger partial charge is 0.382 e. The van der Waals surface area contributed by atoms with Crippen molar-refractivity contribution in [1.82, 2.24) is 79.6 Å². The van der Waals surface area contributed by atoms with E-state index in [2.05, 4.69) is 126 Å². The van der Waals surface area contributed by atoms with Gasteiger partial charge in [0.05, 0.1) is 46.4 Å². The van der Waals surface area contributed by atoms with E-state index in [0.717, 1.165) is 136 Å². The Morgan fingerprint density at radius 3 is 1.48 bits per heavy atom. The smallest absolute Gasteiger partial charge is 0.244 e. The normalized spacial score (nSPS) is 13.5. The van der Waals surface area contributed by atoms with E-state index >= 15 is 0 Å². The van der Waals surface area contributed by atoms with E-state index in [1.165, 1.54) is 31.3 Å². The van der Waals surface area contributed by atoms with Gasteiger partial charge in [0.1, 0.15) is 35.8 Å². The molecule has 4 aliphatic rings. The van der Waals surface area contributed by atoms with Gasteiger partial charge in [0.25, 0.3) is 0 Å². The van der Waals surface area contributed by atoms with Crippen LogP contribution in [0, 0.1) is 26.6 Å². The van der Waals surface area contributed by atoms with Gasteiger partial charge >= 0.3 is 0 Å². The topological polar surface area (TPSA) is 468 Å². The van der Waals surface area contributed by atoms with Gasteiger partial charge in [-0.1, -0.05) is 58.0 Å². The van der Waals surface area contributed by atoms with Crippen molar-refractivity contribution >= 4 is 178 Å². The van der Waals surface area contributed by atoms with Crippen molar-refractivity contribution in [2.75, 3.05) is 123 Å². The number of benzene rings is 3. The number of amides is 3. The van der Waals surface area contributed by atoms with Crippen LogP contribution in [0.25, 0.3) is 64.5 Å². The molecule has 16 rings (SSSR count). The van der Waals surface area contributed by atoms with Crippen LogP contribution >= 0.6 is 69.6 Å². The number of nitrogens with one attached hydrogen (secondary N) is 3. The number of H-pyrrole nitrogens is 2. The number of hydrogen-bond donors (Lipinski definition) is 7. The average molecular weight is 1690 g/mol. The Morgan fingerprint density at radius 1 is 0.557 bits per heavy atom. The van der Waals surface area contributed by atoms with E-state index in [-0.39, 0.29) is 59.0 Å². The highest BCUT2D eigenvalue weighted by Crippen LogP contribution is 2.31. The van der Waals surface area contributed by atoms with Gasteiger partial charge in [-0.25, -0.2) is 25.2 Å². The molecule has 12 aromatic rings. The lowest BCUT2D eigenvalue weighted by molar-refractivity contribution is -0.133. The van der Waals surface area contributed by atoms with Gasteiger partial charge in [0, 0.05) is 186 Å². The van der Waals surface area contributed by atoms with Gasteiger partial charge in [-0.2, -0.15) is 20.4 Å². The maximum atomic E-state index is 12.8. The maximum Gasteiger partial charge on any atom is 0.244 e. The standard InChI is InChI=1S/C19H19ClN8O.C19H21ClN6O.C13H16Cl2N2O.C6H3ClFNO.C6H3ClN6.C6H7N5.C4H8O.H4N2/c1-13-10-15(2-3-16(13)20)26-6-8-27(9-7-26)17(29)12-28-18-14(11-23-28)4-5-22-19(18)24-25-21;1-13-10-15(2-3-16(13)20)24-6-8-25(9-7-24)17(27)12-26-18-14(11-23-26)4-5-22-19(18)21;1-10-8-11(2-3-12(10)15)16-4-6-17(7-5-16)13(18)9-14;7-6-5(8)4(3-10)1-2-9-6;7-4-2-9-6(12-13-8)5-3(4)1-10-11-5;7-10-6-5-4(1-2-8-6)3-9-11-5;1-2-4-5-3-1;1-2/h2-5,10-11H,6-9,12H2,1H3;2-5,10-11H,6-9,12H2,1H3,(H2,21,22);2-3,8H,4-7,9H2,1H3;1-3H;1-2H,(H,10,11);1-3H,7H2,(H,8,10)(H,9,11);1-4H2;1-2H2. The molecule has 3 aromatic carbocycles. The number of nitrogens with two attached hydrogens (primary N) is 4. The lowest BCUT2D eigenvalue weighted by Crippen LogP contribution is -2.49. The fourth-order valence-corrected chi connectivity index (χ4v) is 13.0. The SMILES string of the molecule is C1CCOC1.Cc1cc(N2CCN(C(=O)CCl)CC2)ccc1Cl.Cc1cc(N2CCN(C(=O)Cn3ncc4ccnc(N)c43)CC2)ccc1Cl.Cc1cc(N2CCN(C(=O)Cn3ncc4ccnc(N=[N+]=[N-])c43)CC2)ccc1Cl.NN.NNc1nccc2cn[nH]c12.O=Cc1ccnc(Cl)c1F.[N-]=[N+]=Nc1ncc(Cl)c2cn[nH]c12. The van der Waals surface area contributed by atoms with E-state index in [1.807, 2.05) is 84.0 Å². The zero-order chi connectivity index (χ0) is 82.5. The van der Waals surface area contributed by atoms with Crippen LogP contribution in [0.2, 0.25) is 25.2 Å². The van der Waals surface area contributed by atoms with Crippen LogP contribution in [-0.2, 0) is 32.2 Å². The van der Waals surface area contributed by atoms with Crippen LogP contribution in [-0.4, -0.2) is 201 Å². The number of rotatable bonds is 12. The quantitative estimate of drug-likeness (QED) is 0.00873. The average Bonchev–Trinajstić information content (AvgIpc) is 1.68. The molecule has 4 saturated heterocycles. The van der Waals surface area contributed by atoms with E-state index < -0.39 is 5.82 Å². The number of halogens is 7. The Hall–Kier alpha value is -11.5. The molecule has 0 radical (unpaired) electrons. The number of anilines is 5. The highest BCUT2D eigenvalue weighted by Gasteiger charge is 2.26. The first-order valence-electron chi connectivity index (χ1n) is 35.5. The number of nitrogen functional groups attached to an aromatic ring is 2. The Bertz CT molecular complexity index is 5370. The minimum Gasteiger partial charge on any atom is -0.382 e. The Kier molecular flexibility index (Phi) is 33.2. The Morgan fingerprint density at radius 2 is 1.01 bits per heavy atom. The number of alkyl halides is 1. The van der Waals surface area contributed by atoms with Crippen molar-refractivity contribution < 1.29 is 28.3 Å². The molecule has 13 heterocycles. The van der Waals surface area contributed by atoms with Gasteiger partial charge in [-0.05, 0) is 150 Å². The molecule has 11 N–H and O–H groups in total. The second-order valence-corrected chi connectivity index (χ2v) is 27.7. The van der Waals surface area contributed by atoms with Crippen molar-refractivity contribution in [3.05, 3.63) is 209 Å². The number of carbonyl (C=O) groups excluding carboxylic acids is 4. The van der Waals surface area contributed by atoms with E-state index in [4.69, 9.17) is 97.0 Å². The number of piperazine rings is 3. The Labute approximate surface area is 688 Å². The van der Waals surface area contributed by atoms with Crippen molar-refractivity contribution in [3.8, 4) is 0 Å². The molecule has 0 aliphatic carbocycles. The summed E-state index contributed by atoms with van der Waals surface area (Å²) in [5.41, 5.74) is 34.6. The highest BCUT2D eigenvalue weighted by molar-refractivity contribution is 6.35. The molecule has 9 aromatic heterocycles. The van der Waals surface area contributed by atoms with Crippen molar-refractivity contribution in [1.29, 1.82) is 0 Å². The zero-order valence-corrected chi connectivity index (χ0v) is 67.0.